The molecule has 3 N–H and O–H groups in total. The van der Waals surface area contributed by atoms with Crippen LogP contribution in [-0.2, 0) is 27.4 Å². The number of nitrogens with zero attached hydrogens (tertiary/aromatic N) is 4. The topological polar surface area (TPSA) is 132 Å². The van der Waals surface area contributed by atoms with Crippen LogP contribution >= 0.6 is 0 Å². The second-order valence-corrected chi connectivity index (χ2v) is 7.91. The van der Waals surface area contributed by atoms with Gasteiger partial charge in [0.05, 0.1) is 18.4 Å². The molecule has 2 aromatic carbocycles. The quantitative estimate of drug-likeness (QED) is 0.516. The molecule has 0 aliphatic carbocycles. The number of benzene rings is 2. The fourth-order valence-electron chi connectivity index (χ4n) is 3.57. The summed E-state index contributed by atoms with van der Waals surface area (Å²) in [6, 6.07) is 10.6. The van der Waals surface area contributed by atoms with Gasteiger partial charge in [0.2, 0.25) is 5.91 Å². The van der Waals surface area contributed by atoms with Crippen molar-refractivity contribution in [1.82, 2.24) is 20.3 Å². The Morgan fingerprint density at radius 2 is 2.03 bits per heavy atom. The number of ether oxygens (including phenoxy) is 1. The SMILES string of the molecule is CC(=O)[C@@H](N)C1CN(c2ccc(-c3ccc(CNC(=O)Cn4ccnn4)cc3)c(F)c2)C(=O)O1. The zero-order valence-electron chi connectivity index (χ0n) is 18.3. The van der Waals surface area contributed by atoms with Crippen LogP contribution in [0.1, 0.15) is 12.5 Å². The summed E-state index contributed by atoms with van der Waals surface area (Å²) < 4.78 is 21.5. The standard InChI is InChI=1S/C23H23FN6O4/c1-14(31)22(25)20-12-30(23(33)34-20)17-6-7-18(19(24)10-17)16-4-2-15(3-5-16)11-26-21(32)13-29-9-8-27-28-29/h2-10,20,22H,11-13,25H2,1H3,(H,26,32)/t20?,22-/m1/s1. The lowest BCUT2D eigenvalue weighted by Crippen LogP contribution is -2.43. The molecule has 10 nitrogen and oxygen atoms in total. The number of carbonyl (C=O) groups excluding carboxylic acids is 3. The zero-order chi connectivity index (χ0) is 24.2. The molecule has 1 unspecified atom stereocenters. The summed E-state index contributed by atoms with van der Waals surface area (Å²) in [5.41, 5.74) is 7.94. The van der Waals surface area contributed by atoms with Gasteiger partial charge in [-0.2, -0.15) is 0 Å². The molecule has 1 fully saturated rings. The molecule has 4 rings (SSSR count). The van der Waals surface area contributed by atoms with Gasteiger partial charge in [0.25, 0.3) is 0 Å². The highest BCUT2D eigenvalue weighted by molar-refractivity contribution is 5.92. The van der Waals surface area contributed by atoms with Crippen molar-refractivity contribution >= 4 is 23.5 Å². The molecule has 0 bridgehead atoms. The Balaban J connectivity index is 1.39. The number of cyclic esters (lactones) is 1. The molecule has 2 heterocycles. The van der Waals surface area contributed by atoms with E-state index in [1.807, 2.05) is 0 Å². The van der Waals surface area contributed by atoms with Crippen molar-refractivity contribution in [2.45, 2.75) is 32.2 Å². The average molecular weight is 466 g/mol. The van der Waals surface area contributed by atoms with Crippen molar-refractivity contribution < 1.29 is 23.5 Å². The van der Waals surface area contributed by atoms with Crippen LogP contribution in [0.2, 0.25) is 0 Å². The van der Waals surface area contributed by atoms with E-state index in [0.29, 0.717) is 23.4 Å². The van der Waals surface area contributed by atoms with E-state index in [-0.39, 0.29) is 24.8 Å². The van der Waals surface area contributed by atoms with Crippen molar-refractivity contribution in [3.05, 3.63) is 66.2 Å². The van der Waals surface area contributed by atoms with Crippen LogP contribution in [0, 0.1) is 5.82 Å². The van der Waals surface area contributed by atoms with Gasteiger partial charge in [0.15, 0.2) is 0 Å². The Kier molecular flexibility index (Phi) is 6.64. The summed E-state index contributed by atoms with van der Waals surface area (Å²) in [6.07, 6.45) is 1.64. The highest BCUT2D eigenvalue weighted by atomic mass is 19.1. The molecule has 1 aliphatic rings. The van der Waals surface area contributed by atoms with Gasteiger partial charge in [-0.3, -0.25) is 14.5 Å². The number of hydrogen-bond acceptors (Lipinski definition) is 7. The number of nitrogens with two attached hydrogens (primary N) is 1. The summed E-state index contributed by atoms with van der Waals surface area (Å²) >= 11 is 0. The van der Waals surface area contributed by atoms with Crippen molar-refractivity contribution in [3.8, 4) is 11.1 Å². The number of halogens is 1. The maximum Gasteiger partial charge on any atom is 0.414 e. The van der Waals surface area contributed by atoms with E-state index in [4.69, 9.17) is 10.5 Å². The molecule has 2 amide bonds. The minimum Gasteiger partial charge on any atom is -0.442 e. The third-order valence-corrected chi connectivity index (χ3v) is 5.50. The average Bonchev–Trinajstić information content (AvgIpc) is 3.47. The number of Topliss-reactive ketones (excluding diaryl/α,β-unsaturated/α-hetero) is 1. The molecule has 1 aromatic heterocycles. The second kappa shape index (κ2) is 9.79. The number of anilines is 1. The Bertz CT molecular complexity index is 1200. The summed E-state index contributed by atoms with van der Waals surface area (Å²) in [7, 11) is 0. The number of hydrogen-bond donors (Lipinski definition) is 2. The van der Waals surface area contributed by atoms with E-state index in [0.717, 1.165) is 5.56 Å². The predicted octanol–water partition coefficient (Wildman–Crippen LogP) is 1.64. The summed E-state index contributed by atoms with van der Waals surface area (Å²) in [5, 5.41) is 10.2. The molecule has 3 aromatic rings. The Morgan fingerprint density at radius 1 is 1.26 bits per heavy atom. The molecule has 0 spiro atoms. The van der Waals surface area contributed by atoms with Gasteiger partial charge in [-0.1, -0.05) is 29.5 Å². The van der Waals surface area contributed by atoms with Crippen LogP contribution in [0.3, 0.4) is 0 Å². The molecule has 1 saturated heterocycles. The maximum atomic E-state index is 14.9. The first-order valence-corrected chi connectivity index (χ1v) is 10.6. The zero-order valence-corrected chi connectivity index (χ0v) is 18.3. The van der Waals surface area contributed by atoms with Crippen molar-refractivity contribution in [3.63, 3.8) is 0 Å². The lowest BCUT2D eigenvalue weighted by atomic mass is 10.0. The minimum atomic E-state index is -0.927. The summed E-state index contributed by atoms with van der Waals surface area (Å²) in [5.74, 6) is -1.01. The van der Waals surface area contributed by atoms with Crippen LogP contribution in [0.5, 0.6) is 0 Å². The number of carbonyl (C=O) groups is 3. The molecule has 34 heavy (non-hydrogen) atoms. The number of aromatic nitrogens is 3. The highest BCUT2D eigenvalue weighted by Crippen LogP contribution is 2.29. The molecule has 0 radical (unpaired) electrons. The van der Waals surface area contributed by atoms with Crippen LogP contribution in [0.4, 0.5) is 14.9 Å². The normalized spacial score (nSPS) is 16.3. The smallest absolute Gasteiger partial charge is 0.414 e. The molecular weight excluding hydrogens is 443 g/mol. The predicted molar refractivity (Wildman–Crippen MR) is 120 cm³/mol. The van der Waals surface area contributed by atoms with E-state index in [2.05, 4.69) is 15.6 Å². The Labute approximate surface area is 194 Å². The first kappa shape index (κ1) is 23.1. The van der Waals surface area contributed by atoms with Gasteiger partial charge in [-0.25, -0.2) is 13.9 Å². The van der Waals surface area contributed by atoms with Crippen LogP contribution in [0.15, 0.2) is 54.9 Å². The van der Waals surface area contributed by atoms with Gasteiger partial charge in [0, 0.05) is 18.3 Å². The fourth-order valence-corrected chi connectivity index (χ4v) is 3.57. The van der Waals surface area contributed by atoms with Crippen molar-refractivity contribution in [2.24, 2.45) is 5.73 Å². The Morgan fingerprint density at radius 3 is 2.68 bits per heavy atom. The second-order valence-electron chi connectivity index (χ2n) is 7.91. The molecule has 176 valence electrons. The molecule has 11 heteroatoms. The lowest BCUT2D eigenvalue weighted by Gasteiger charge is -2.16. The lowest BCUT2D eigenvalue weighted by molar-refractivity contribution is -0.122. The van der Waals surface area contributed by atoms with E-state index in [1.54, 1.807) is 42.6 Å². The fraction of sp³-hybridized carbons (Fsp3) is 0.261. The molecule has 1 aliphatic heterocycles. The first-order chi connectivity index (χ1) is 16.3. The number of rotatable bonds is 8. The number of amides is 2. The third-order valence-electron chi connectivity index (χ3n) is 5.50. The molecular formula is C23H23FN6O4. The van der Waals surface area contributed by atoms with Gasteiger partial charge < -0.3 is 15.8 Å². The van der Waals surface area contributed by atoms with E-state index in [9.17, 15) is 18.8 Å². The Hall–Kier alpha value is -4.12. The summed E-state index contributed by atoms with van der Waals surface area (Å²) in [4.78, 5) is 36.9. The van der Waals surface area contributed by atoms with Crippen LogP contribution in [0.25, 0.3) is 11.1 Å². The number of ketones is 1. The molecule has 2 atom stereocenters. The van der Waals surface area contributed by atoms with Gasteiger partial charge in [-0.05, 0) is 36.2 Å². The maximum absolute atomic E-state index is 14.9. The highest BCUT2D eigenvalue weighted by Gasteiger charge is 2.37. The largest absolute Gasteiger partial charge is 0.442 e. The summed E-state index contributed by atoms with van der Waals surface area (Å²) in [6.45, 7) is 1.78. The van der Waals surface area contributed by atoms with Crippen LogP contribution in [-0.4, -0.2) is 51.5 Å². The number of nitrogens with one attached hydrogen (secondary N) is 1. The monoisotopic (exact) mass is 466 g/mol. The van der Waals surface area contributed by atoms with E-state index >= 15 is 0 Å². The molecule has 0 saturated carbocycles. The minimum absolute atomic E-state index is 0.0652. The van der Waals surface area contributed by atoms with Crippen molar-refractivity contribution in [1.29, 1.82) is 0 Å². The van der Waals surface area contributed by atoms with Crippen LogP contribution < -0.4 is 16.0 Å². The third kappa shape index (κ3) is 5.09. The van der Waals surface area contributed by atoms with E-state index in [1.165, 1.54) is 28.8 Å². The van der Waals surface area contributed by atoms with Gasteiger partial charge >= 0.3 is 6.09 Å². The first-order valence-electron chi connectivity index (χ1n) is 10.6. The van der Waals surface area contributed by atoms with Gasteiger partial charge in [-0.15, -0.1) is 5.10 Å². The van der Waals surface area contributed by atoms with E-state index < -0.39 is 24.1 Å². The van der Waals surface area contributed by atoms with Gasteiger partial charge in [0.1, 0.15) is 30.3 Å². The van der Waals surface area contributed by atoms with Crippen molar-refractivity contribution in [2.75, 3.05) is 11.4 Å².